The molecule has 0 aliphatic rings. The number of carbonyl (C=O) groups excluding carboxylic acids is 1. The summed E-state index contributed by atoms with van der Waals surface area (Å²) in [5.41, 5.74) is 6.14. The summed E-state index contributed by atoms with van der Waals surface area (Å²) in [6.07, 6.45) is 2.72. The van der Waals surface area contributed by atoms with Gasteiger partial charge in [0.1, 0.15) is 0 Å². The molecule has 7 nitrogen and oxygen atoms in total. The zero-order valence-corrected chi connectivity index (χ0v) is 11.1. The van der Waals surface area contributed by atoms with Crippen molar-refractivity contribution in [2.75, 3.05) is 12.3 Å². The lowest BCUT2D eigenvalue weighted by Crippen LogP contribution is -2.32. The number of rotatable bonds is 5. The first kappa shape index (κ1) is 14.4. The lowest BCUT2D eigenvalue weighted by molar-refractivity contribution is -0.138. The summed E-state index contributed by atoms with van der Waals surface area (Å²) in [7, 11) is 0. The molecular weight excluding hydrogens is 272 g/mol. The SMILES string of the molecule is Nc1nccnc1C(=O)NCC(C(=O)O)c1ccccc1. The highest BCUT2D eigenvalue weighted by Crippen LogP contribution is 2.15. The van der Waals surface area contributed by atoms with Crippen LogP contribution in [0.4, 0.5) is 5.82 Å². The molecule has 0 aliphatic carbocycles. The molecule has 1 heterocycles. The van der Waals surface area contributed by atoms with E-state index in [1.807, 2.05) is 0 Å². The van der Waals surface area contributed by atoms with Crippen LogP contribution in [0.3, 0.4) is 0 Å². The number of carboxylic acids is 1. The van der Waals surface area contributed by atoms with Crippen molar-refractivity contribution in [1.82, 2.24) is 15.3 Å². The van der Waals surface area contributed by atoms with Gasteiger partial charge in [-0.05, 0) is 5.56 Å². The molecule has 0 aliphatic heterocycles. The van der Waals surface area contributed by atoms with Gasteiger partial charge in [-0.3, -0.25) is 9.59 Å². The number of amides is 1. The number of anilines is 1. The van der Waals surface area contributed by atoms with Crippen LogP contribution in [0.5, 0.6) is 0 Å². The van der Waals surface area contributed by atoms with E-state index in [0.717, 1.165) is 0 Å². The molecule has 1 atom stereocenters. The van der Waals surface area contributed by atoms with Crippen molar-refractivity contribution in [2.24, 2.45) is 0 Å². The van der Waals surface area contributed by atoms with Gasteiger partial charge in [-0.2, -0.15) is 0 Å². The Morgan fingerprint density at radius 1 is 1.19 bits per heavy atom. The highest BCUT2D eigenvalue weighted by atomic mass is 16.4. The van der Waals surface area contributed by atoms with Crippen molar-refractivity contribution in [2.45, 2.75) is 5.92 Å². The molecule has 0 saturated carbocycles. The van der Waals surface area contributed by atoms with E-state index in [-0.39, 0.29) is 18.1 Å². The Morgan fingerprint density at radius 2 is 1.86 bits per heavy atom. The third kappa shape index (κ3) is 3.53. The number of hydrogen-bond acceptors (Lipinski definition) is 5. The van der Waals surface area contributed by atoms with Gasteiger partial charge in [0.25, 0.3) is 5.91 Å². The van der Waals surface area contributed by atoms with Gasteiger partial charge in [0.2, 0.25) is 0 Å². The molecule has 1 aromatic heterocycles. The van der Waals surface area contributed by atoms with Crippen LogP contribution in [0.25, 0.3) is 0 Å². The van der Waals surface area contributed by atoms with Gasteiger partial charge in [0, 0.05) is 18.9 Å². The first-order valence-corrected chi connectivity index (χ1v) is 6.22. The van der Waals surface area contributed by atoms with Crippen molar-refractivity contribution < 1.29 is 14.7 Å². The molecular formula is C14H14N4O3. The second-order valence-electron chi connectivity index (χ2n) is 4.30. The van der Waals surface area contributed by atoms with E-state index in [9.17, 15) is 14.7 Å². The maximum absolute atomic E-state index is 11.9. The predicted molar refractivity (Wildman–Crippen MR) is 75.6 cm³/mol. The number of benzene rings is 1. The van der Waals surface area contributed by atoms with Crippen LogP contribution in [0.15, 0.2) is 42.7 Å². The minimum atomic E-state index is -1.02. The minimum absolute atomic E-state index is 0.00147. The van der Waals surface area contributed by atoms with Crippen LogP contribution in [0.1, 0.15) is 22.0 Å². The second-order valence-corrected chi connectivity index (χ2v) is 4.30. The molecule has 1 unspecified atom stereocenters. The van der Waals surface area contributed by atoms with Crippen LogP contribution in [0.2, 0.25) is 0 Å². The minimum Gasteiger partial charge on any atom is -0.481 e. The summed E-state index contributed by atoms with van der Waals surface area (Å²) in [4.78, 5) is 30.8. The number of hydrogen-bond donors (Lipinski definition) is 3. The molecule has 0 saturated heterocycles. The maximum atomic E-state index is 11.9. The zero-order valence-electron chi connectivity index (χ0n) is 11.1. The highest BCUT2D eigenvalue weighted by molar-refractivity contribution is 5.96. The molecule has 0 radical (unpaired) electrons. The fraction of sp³-hybridized carbons (Fsp3) is 0.143. The third-order valence-electron chi connectivity index (χ3n) is 2.91. The van der Waals surface area contributed by atoms with Crippen molar-refractivity contribution >= 4 is 17.7 Å². The number of carboxylic acid groups (broad SMARTS) is 1. The predicted octanol–water partition coefficient (Wildman–Crippen LogP) is 0.657. The molecule has 1 aromatic carbocycles. The van der Waals surface area contributed by atoms with Gasteiger partial charge >= 0.3 is 5.97 Å². The summed E-state index contributed by atoms with van der Waals surface area (Å²) in [6.45, 7) is -0.0613. The number of aliphatic carboxylic acids is 1. The van der Waals surface area contributed by atoms with E-state index < -0.39 is 17.8 Å². The van der Waals surface area contributed by atoms with E-state index in [2.05, 4.69) is 15.3 Å². The average molecular weight is 286 g/mol. The van der Waals surface area contributed by atoms with Crippen LogP contribution in [-0.2, 0) is 4.79 Å². The monoisotopic (exact) mass is 286 g/mol. The van der Waals surface area contributed by atoms with Crippen LogP contribution < -0.4 is 11.1 Å². The van der Waals surface area contributed by atoms with Crippen LogP contribution in [-0.4, -0.2) is 33.5 Å². The molecule has 7 heteroatoms. The largest absolute Gasteiger partial charge is 0.481 e. The Bertz CT molecular complexity index is 646. The Labute approximate surface area is 120 Å². The summed E-state index contributed by atoms with van der Waals surface area (Å²) in [6, 6.07) is 8.67. The molecule has 2 aromatic rings. The van der Waals surface area contributed by atoms with Crippen molar-refractivity contribution in [1.29, 1.82) is 0 Å². The van der Waals surface area contributed by atoms with E-state index in [1.54, 1.807) is 30.3 Å². The van der Waals surface area contributed by atoms with Gasteiger partial charge in [-0.15, -0.1) is 0 Å². The second kappa shape index (κ2) is 6.47. The van der Waals surface area contributed by atoms with Crippen molar-refractivity contribution in [3.63, 3.8) is 0 Å². The summed E-state index contributed by atoms with van der Waals surface area (Å²) in [5, 5.41) is 11.8. The number of nitrogen functional groups attached to an aromatic ring is 1. The van der Waals surface area contributed by atoms with Crippen LogP contribution in [0, 0.1) is 0 Å². The summed E-state index contributed by atoms with van der Waals surface area (Å²) < 4.78 is 0. The highest BCUT2D eigenvalue weighted by Gasteiger charge is 2.21. The number of carbonyl (C=O) groups is 2. The topological polar surface area (TPSA) is 118 Å². The molecule has 0 fully saturated rings. The van der Waals surface area contributed by atoms with Crippen molar-refractivity contribution in [3.05, 3.63) is 54.0 Å². The lowest BCUT2D eigenvalue weighted by atomic mass is 9.99. The fourth-order valence-electron chi connectivity index (χ4n) is 1.84. The van der Waals surface area contributed by atoms with Gasteiger partial charge in [0.15, 0.2) is 11.5 Å². The average Bonchev–Trinajstić information content (AvgIpc) is 2.48. The standard InChI is InChI=1S/C14H14N4O3/c15-12-11(16-6-7-17-12)13(19)18-8-10(14(20)21)9-4-2-1-3-5-9/h1-7,10H,8H2,(H2,15,17)(H,18,19)(H,20,21). The molecule has 1 amide bonds. The summed E-state index contributed by atoms with van der Waals surface area (Å²) >= 11 is 0. The summed E-state index contributed by atoms with van der Waals surface area (Å²) in [5.74, 6) is -2.41. The number of nitrogens with one attached hydrogen (secondary N) is 1. The van der Waals surface area contributed by atoms with E-state index in [0.29, 0.717) is 5.56 Å². The van der Waals surface area contributed by atoms with E-state index in [4.69, 9.17) is 5.73 Å². The lowest BCUT2D eigenvalue weighted by Gasteiger charge is -2.13. The normalized spacial score (nSPS) is 11.6. The Balaban J connectivity index is 2.08. The van der Waals surface area contributed by atoms with E-state index in [1.165, 1.54) is 12.4 Å². The number of nitrogens with two attached hydrogens (primary N) is 1. The Kier molecular flexibility index (Phi) is 4.45. The third-order valence-corrected chi connectivity index (χ3v) is 2.91. The zero-order chi connectivity index (χ0) is 15.2. The fourth-order valence-corrected chi connectivity index (χ4v) is 1.84. The number of nitrogens with zero attached hydrogens (tertiary/aromatic N) is 2. The maximum Gasteiger partial charge on any atom is 0.312 e. The quantitative estimate of drug-likeness (QED) is 0.743. The first-order valence-electron chi connectivity index (χ1n) is 6.22. The van der Waals surface area contributed by atoms with Gasteiger partial charge < -0.3 is 16.2 Å². The van der Waals surface area contributed by atoms with E-state index >= 15 is 0 Å². The molecule has 108 valence electrons. The van der Waals surface area contributed by atoms with Gasteiger partial charge in [0.05, 0.1) is 5.92 Å². The molecule has 2 rings (SSSR count). The molecule has 0 bridgehead atoms. The smallest absolute Gasteiger partial charge is 0.312 e. The van der Waals surface area contributed by atoms with Gasteiger partial charge in [-0.25, -0.2) is 9.97 Å². The Hall–Kier alpha value is -2.96. The first-order chi connectivity index (χ1) is 10.1. The molecule has 4 N–H and O–H groups in total. The van der Waals surface area contributed by atoms with Gasteiger partial charge in [-0.1, -0.05) is 30.3 Å². The number of aromatic nitrogens is 2. The molecule has 0 spiro atoms. The van der Waals surface area contributed by atoms with Crippen molar-refractivity contribution in [3.8, 4) is 0 Å². The molecule has 21 heavy (non-hydrogen) atoms. The van der Waals surface area contributed by atoms with Crippen LogP contribution >= 0.6 is 0 Å². The Morgan fingerprint density at radius 3 is 2.48 bits per heavy atom.